The first kappa shape index (κ1) is 13.0. The van der Waals surface area contributed by atoms with E-state index >= 15 is 0 Å². The normalized spacial score (nSPS) is 19.7. The van der Waals surface area contributed by atoms with Crippen LogP contribution >= 0.6 is 0 Å². The maximum Gasteiger partial charge on any atom is 0.181 e. The van der Waals surface area contributed by atoms with Crippen molar-refractivity contribution in [2.24, 2.45) is 0 Å². The van der Waals surface area contributed by atoms with Gasteiger partial charge in [-0.2, -0.15) is 0 Å². The molecule has 1 heterocycles. The van der Waals surface area contributed by atoms with E-state index < -0.39 is 0 Å². The molecule has 0 spiro atoms. The Hall–Kier alpha value is -1.70. The second-order valence-electron chi connectivity index (χ2n) is 6.48. The van der Waals surface area contributed by atoms with E-state index in [1.54, 1.807) is 0 Å². The minimum Gasteiger partial charge on any atom is -0.292 e. The zero-order valence-electron chi connectivity index (χ0n) is 12.4. The molecule has 2 aliphatic carbocycles. The van der Waals surface area contributed by atoms with Gasteiger partial charge in [-0.3, -0.25) is 4.79 Å². The lowest BCUT2D eigenvalue weighted by Crippen LogP contribution is -2.18. The maximum absolute atomic E-state index is 12.3. The van der Waals surface area contributed by atoms with Crippen molar-refractivity contribution in [2.75, 3.05) is 0 Å². The van der Waals surface area contributed by atoms with E-state index in [4.69, 9.17) is 4.98 Å². The molecule has 1 aromatic carbocycles. The highest BCUT2D eigenvalue weighted by Gasteiger charge is 2.28. The average Bonchev–Trinajstić information content (AvgIpc) is 2.54. The highest BCUT2D eigenvalue weighted by molar-refractivity contribution is 6.00. The van der Waals surface area contributed by atoms with Crippen molar-refractivity contribution >= 4 is 16.7 Å². The van der Waals surface area contributed by atoms with Gasteiger partial charge in [0.1, 0.15) is 5.69 Å². The standard InChI is InChI=1S/C19H21NO/c21-17-12-6-10-15-18(13-7-2-1-3-8-13)14-9-4-5-11-16(14)20-19(15)17/h4-5,9,11,13H,1-3,6-8,10,12H2. The molecule has 0 amide bonds. The summed E-state index contributed by atoms with van der Waals surface area (Å²) in [5, 5.41) is 1.29. The third-order valence-corrected chi connectivity index (χ3v) is 5.15. The molecule has 0 atom stereocenters. The fraction of sp³-hybridized carbons (Fsp3) is 0.474. The van der Waals surface area contributed by atoms with E-state index in [0.717, 1.165) is 24.1 Å². The van der Waals surface area contributed by atoms with Gasteiger partial charge in [-0.25, -0.2) is 4.98 Å². The highest BCUT2D eigenvalue weighted by atomic mass is 16.1. The summed E-state index contributed by atoms with van der Waals surface area (Å²) in [6.07, 6.45) is 9.25. The van der Waals surface area contributed by atoms with Crippen LogP contribution < -0.4 is 0 Å². The molecule has 21 heavy (non-hydrogen) atoms. The van der Waals surface area contributed by atoms with Gasteiger partial charge in [0.15, 0.2) is 5.78 Å². The van der Waals surface area contributed by atoms with Crippen molar-refractivity contribution in [1.29, 1.82) is 0 Å². The van der Waals surface area contributed by atoms with Crippen LogP contribution in [-0.4, -0.2) is 10.8 Å². The molecule has 108 valence electrons. The number of pyridine rings is 1. The minimum absolute atomic E-state index is 0.249. The predicted molar refractivity (Wildman–Crippen MR) is 84.8 cm³/mol. The van der Waals surface area contributed by atoms with Crippen molar-refractivity contribution < 1.29 is 4.79 Å². The molecule has 2 heteroatoms. The molecule has 2 aromatic rings. The van der Waals surface area contributed by atoms with Crippen molar-refractivity contribution in [3.05, 3.63) is 41.1 Å². The molecule has 4 rings (SSSR count). The van der Waals surface area contributed by atoms with Gasteiger partial charge < -0.3 is 0 Å². The average molecular weight is 279 g/mol. The molecule has 0 N–H and O–H groups in total. The third-order valence-electron chi connectivity index (χ3n) is 5.15. The van der Waals surface area contributed by atoms with Crippen LogP contribution in [0, 0.1) is 0 Å². The van der Waals surface area contributed by atoms with Gasteiger partial charge in [0.05, 0.1) is 5.52 Å². The van der Waals surface area contributed by atoms with Crippen LogP contribution in [-0.2, 0) is 6.42 Å². The first-order valence-corrected chi connectivity index (χ1v) is 8.29. The monoisotopic (exact) mass is 279 g/mol. The second kappa shape index (κ2) is 5.25. The fourth-order valence-electron chi connectivity index (χ4n) is 4.16. The third kappa shape index (κ3) is 2.17. The Morgan fingerprint density at radius 1 is 0.952 bits per heavy atom. The molecule has 1 aromatic heterocycles. The summed E-state index contributed by atoms with van der Waals surface area (Å²) in [6, 6.07) is 8.39. The number of para-hydroxylation sites is 1. The van der Waals surface area contributed by atoms with E-state index in [0.29, 0.717) is 12.3 Å². The van der Waals surface area contributed by atoms with Gasteiger partial charge in [-0.15, -0.1) is 0 Å². The smallest absolute Gasteiger partial charge is 0.181 e. The zero-order chi connectivity index (χ0) is 14.2. The first-order valence-electron chi connectivity index (χ1n) is 8.29. The molecule has 0 saturated heterocycles. The van der Waals surface area contributed by atoms with Crippen LogP contribution in [0.5, 0.6) is 0 Å². The van der Waals surface area contributed by atoms with Crippen molar-refractivity contribution in [1.82, 2.24) is 4.98 Å². The largest absolute Gasteiger partial charge is 0.292 e. The Bertz CT molecular complexity index is 698. The maximum atomic E-state index is 12.3. The molecular formula is C19H21NO. The van der Waals surface area contributed by atoms with Gasteiger partial charge in [-0.05, 0) is 48.8 Å². The lowest BCUT2D eigenvalue weighted by Gasteiger charge is -2.28. The fourth-order valence-corrected chi connectivity index (χ4v) is 4.16. The summed E-state index contributed by atoms with van der Waals surface area (Å²) in [5.74, 6) is 0.880. The molecule has 0 unspecified atom stereocenters. The van der Waals surface area contributed by atoms with Gasteiger partial charge in [0.2, 0.25) is 0 Å². The Balaban J connectivity index is 1.98. The van der Waals surface area contributed by atoms with Crippen LogP contribution in [0.3, 0.4) is 0 Å². The number of aromatic nitrogens is 1. The second-order valence-corrected chi connectivity index (χ2v) is 6.48. The predicted octanol–water partition coefficient (Wildman–Crippen LogP) is 4.80. The van der Waals surface area contributed by atoms with Gasteiger partial charge >= 0.3 is 0 Å². The Morgan fingerprint density at radius 2 is 1.76 bits per heavy atom. The number of carbonyl (C=O) groups excluding carboxylic acids is 1. The molecule has 0 radical (unpaired) electrons. The molecule has 1 saturated carbocycles. The number of ketones is 1. The number of rotatable bonds is 1. The van der Waals surface area contributed by atoms with Crippen LogP contribution in [0.25, 0.3) is 10.9 Å². The van der Waals surface area contributed by atoms with Gasteiger partial charge in [-0.1, -0.05) is 37.5 Å². The number of hydrogen-bond donors (Lipinski definition) is 0. The number of Topliss-reactive ketones (excluding diaryl/α,β-unsaturated/α-hetero) is 1. The van der Waals surface area contributed by atoms with Crippen molar-refractivity contribution in [2.45, 2.75) is 57.3 Å². The SMILES string of the molecule is O=C1CCCc2c1nc1ccccc1c2C1CCCCC1. The Morgan fingerprint density at radius 3 is 2.62 bits per heavy atom. The first-order chi connectivity index (χ1) is 10.3. The topological polar surface area (TPSA) is 30.0 Å². The molecule has 2 aliphatic rings. The molecule has 1 fully saturated rings. The number of benzene rings is 1. The molecule has 0 bridgehead atoms. The van der Waals surface area contributed by atoms with Crippen LogP contribution in [0.4, 0.5) is 0 Å². The number of nitrogens with zero attached hydrogens (tertiary/aromatic N) is 1. The van der Waals surface area contributed by atoms with E-state index in [2.05, 4.69) is 18.2 Å². The molecule has 2 nitrogen and oxygen atoms in total. The van der Waals surface area contributed by atoms with Crippen molar-refractivity contribution in [3.63, 3.8) is 0 Å². The summed E-state index contributed by atoms with van der Waals surface area (Å²) in [6.45, 7) is 0. The summed E-state index contributed by atoms with van der Waals surface area (Å²) >= 11 is 0. The highest BCUT2D eigenvalue weighted by Crippen LogP contribution is 2.40. The van der Waals surface area contributed by atoms with E-state index in [-0.39, 0.29) is 5.78 Å². The lowest BCUT2D eigenvalue weighted by atomic mass is 9.77. The van der Waals surface area contributed by atoms with Crippen LogP contribution in [0.15, 0.2) is 24.3 Å². The van der Waals surface area contributed by atoms with E-state index in [1.165, 1.54) is 48.6 Å². The summed E-state index contributed by atoms with van der Waals surface area (Å²) < 4.78 is 0. The molecular weight excluding hydrogens is 258 g/mol. The van der Waals surface area contributed by atoms with Crippen LogP contribution in [0.2, 0.25) is 0 Å². The van der Waals surface area contributed by atoms with Gasteiger partial charge in [0.25, 0.3) is 0 Å². The Kier molecular flexibility index (Phi) is 3.25. The lowest BCUT2D eigenvalue weighted by molar-refractivity contribution is 0.0967. The Labute approximate surface area is 125 Å². The number of carbonyl (C=O) groups is 1. The van der Waals surface area contributed by atoms with E-state index in [9.17, 15) is 4.79 Å². The summed E-state index contributed by atoms with van der Waals surface area (Å²) in [5.41, 5.74) is 4.52. The van der Waals surface area contributed by atoms with Crippen molar-refractivity contribution in [3.8, 4) is 0 Å². The quantitative estimate of drug-likeness (QED) is 0.750. The number of fused-ring (bicyclic) bond motifs is 2. The number of hydrogen-bond acceptors (Lipinski definition) is 2. The molecule has 0 aliphatic heterocycles. The zero-order valence-corrected chi connectivity index (χ0v) is 12.4. The van der Waals surface area contributed by atoms with E-state index in [1.807, 2.05) is 6.07 Å². The van der Waals surface area contributed by atoms with Gasteiger partial charge in [0, 0.05) is 11.8 Å². The minimum atomic E-state index is 0.249. The summed E-state index contributed by atoms with van der Waals surface area (Å²) in [7, 11) is 0. The summed E-state index contributed by atoms with van der Waals surface area (Å²) in [4.78, 5) is 17.0. The van der Waals surface area contributed by atoms with Crippen LogP contribution in [0.1, 0.15) is 72.5 Å².